The molecule has 2 atom stereocenters. The number of hydrogen-bond donors (Lipinski definition) is 5. The molecule has 0 saturated carbocycles. The van der Waals surface area contributed by atoms with Crippen LogP contribution in [-0.4, -0.2) is 89.3 Å². The summed E-state index contributed by atoms with van der Waals surface area (Å²) < 4.78 is 21.0. The Bertz CT molecular complexity index is 929. The highest BCUT2D eigenvalue weighted by atomic mass is 16.6. The molecule has 37 heavy (non-hydrogen) atoms. The first-order valence-corrected chi connectivity index (χ1v) is 11.5. The third kappa shape index (κ3) is 11.0. The van der Waals surface area contributed by atoms with Crippen molar-refractivity contribution in [3.63, 3.8) is 0 Å². The molecule has 0 spiro atoms. The number of phenolic OH excluding ortho intramolecular Hbond substituents is 3. The Morgan fingerprint density at radius 3 is 1.54 bits per heavy atom. The predicted molar refractivity (Wildman–Crippen MR) is 131 cm³/mol. The summed E-state index contributed by atoms with van der Waals surface area (Å²) in [6.07, 6.45) is -2.15. The van der Waals surface area contributed by atoms with Crippen LogP contribution >= 0.6 is 0 Å². The molecule has 11 heteroatoms. The van der Waals surface area contributed by atoms with Crippen LogP contribution in [0.2, 0.25) is 0 Å². The second kappa shape index (κ2) is 13.8. The van der Waals surface area contributed by atoms with E-state index in [1.54, 1.807) is 13.0 Å². The fourth-order valence-corrected chi connectivity index (χ4v) is 3.18. The lowest BCUT2D eigenvalue weighted by atomic mass is 9.96. The molecule has 0 aliphatic carbocycles. The van der Waals surface area contributed by atoms with Gasteiger partial charge in [0.2, 0.25) is 0 Å². The van der Waals surface area contributed by atoms with Gasteiger partial charge in [-0.1, -0.05) is 13.8 Å². The van der Waals surface area contributed by atoms with Crippen LogP contribution in [-0.2, 0) is 18.9 Å². The number of aliphatic hydroxyl groups is 2. The van der Waals surface area contributed by atoms with E-state index in [2.05, 4.69) is 0 Å². The number of aliphatic hydroxyl groups excluding tert-OH is 2. The van der Waals surface area contributed by atoms with Crippen LogP contribution in [0, 0.1) is 12.3 Å². The van der Waals surface area contributed by atoms with E-state index in [1.807, 2.05) is 13.8 Å². The molecule has 2 aromatic rings. The quantitative estimate of drug-likeness (QED) is 0.229. The van der Waals surface area contributed by atoms with Gasteiger partial charge in [0.05, 0.1) is 37.6 Å². The van der Waals surface area contributed by atoms with Crippen molar-refractivity contribution in [2.45, 2.75) is 33.0 Å². The van der Waals surface area contributed by atoms with E-state index >= 15 is 0 Å². The Morgan fingerprint density at radius 2 is 1.11 bits per heavy atom. The average molecular weight is 523 g/mol. The van der Waals surface area contributed by atoms with Crippen LogP contribution < -0.4 is 0 Å². The Labute approximate surface area is 214 Å². The zero-order valence-electron chi connectivity index (χ0n) is 21.0. The molecule has 204 valence electrons. The molecular formula is C26H34O11. The smallest absolute Gasteiger partial charge is 0.338 e. The number of benzene rings is 2. The van der Waals surface area contributed by atoms with E-state index < -0.39 is 29.6 Å². The van der Waals surface area contributed by atoms with Crippen molar-refractivity contribution in [2.24, 2.45) is 5.41 Å². The van der Waals surface area contributed by atoms with Crippen molar-refractivity contribution in [1.82, 2.24) is 0 Å². The molecule has 0 amide bonds. The molecule has 0 saturated heterocycles. The number of carbonyl (C=O) groups is 2. The van der Waals surface area contributed by atoms with Gasteiger partial charge < -0.3 is 44.5 Å². The number of esters is 2. The van der Waals surface area contributed by atoms with E-state index in [1.165, 1.54) is 12.1 Å². The molecule has 0 fully saturated rings. The van der Waals surface area contributed by atoms with E-state index in [0.717, 1.165) is 18.2 Å². The summed E-state index contributed by atoms with van der Waals surface area (Å²) in [6.45, 7) is 5.00. The van der Waals surface area contributed by atoms with E-state index in [4.69, 9.17) is 18.9 Å². The lowest BCUT2D eigenvalue weighted by Crippen LogP contribution is -2.32. The second-order valence-electron chi connectivity index (χ2n) is 9.49. The molecule has 2 unspecified atom stereocenters. The predicted octanol–water partition coefficient (Wildman–Crippen LogP) is 1.91. The molecule has 5 N–H and O–H groups in total. The minimum absolute atomic E-state index is 0.0525. The van der Waals surface area contributed by atoms with Crippen LogP contribution in [0.4, 0.5) is 0 Å². The zero-order chi connectivity index (χ0) is 27.6. The van der Waals surface area contributed by atoms with Gasteiger partial charge in [0.25, 0.3) is 0 Å². The van der Waals surface area contributed by atoms with Gasteiger partial charge in [-0.3, -0.25) is 0 Å². The highest BCUT2D eigenvalue weighted by molar-refractivity contribution is 5.90. The first-order chi connectivity index (χ1) is 17.3. The minimum Gasteiger partial charge on any atom is -0.508 e. The lowest BCUT2D eigenvalue weighted by molar-refractivity contribution is -0.0615. The highest BCUT2D eigenvalue weighted by Crippen LogP contribution is 2.21. The van der Waals surface area contributed by atoms with Crippen LogP contribution in [0.3, 0.4) is 0 Å². The molecule has 2 aromatic carbocycles. The van der Waals surface area contributed by atoms with Crippen molar-refractivity contribution in [3.8, 4) is 17.2 Å². The van der Waals surface area contributed by atoms with Crippen LogP contribution in [0.5, 0.6) is 17.2 Å². The average Bonchev–Trinajstić information content (AvgIpc) is 2.79. The normalized spacial score (nSPS) is 13.1. The van der Waals surface area contributed by atoms with E-state index in [-0.39, 0.29) is 68.0 Å². The number of aromatic hydroxyl groups is 3. The first-order valence-electron chi connectivity index (χ1n) is 11.5. The topological polar surface area (TPSA) is 172 Å². The molecule has 2 rings (SSSR count). The summed E-state index contributed by atoms with van der Waals surface area (Å²) in [4.78, 5) is 24.0. The van der Waals surface area contributed by atoms with Crippen molar-refractivity contribution in [1.29, 1.82) is 0 Å². The van der Waals surface area contributed by atoms with Gasteiger partial charge in [-0.15, -0.1) is 0 Å². The van der Waals surface area contributed by atoms with Crippen molar-refractivity contribution in [3.05, 3.63) is 53.1 Å². The van der Waals surface area contributed by atoms with Gasteiger partial charge in [0.15, 0.2) is 0 Å². The van der Waals surface area contributed by atoms with Gasteiger partial charge in [-0.25, -0.2) is 9.59 Å². The molecule has 0 aliphatic rings. The standard InChI is InChI=1S/C26H34O11/c1-16-4-17(6-19(27)5-16)24(32)36-12-22(30)10-34-14-26(2,3)15-35-11-23(31)13-37-25(33)18-7-20(28)9-21(29)8-18/h4-9,22-23,27-31H,10-15H2,1-3H3. The maximum absolute atomic E-state index is 12.1. The van der Waals surface area contributed by atoms with Crippen LogP contribution in [0.1, 0.15) is 40.1 Å². The summed E-state index contributed by atoms with van der Waals surface area (Å²) >= 11 is 0. The van der Waals surface area contributed by atoms with Gasteiger partial charge in [0, 0.05) is 11.5 Å². The fourth-order valence-electron chi connectivity index (χ4n) is 3.18. The molecular weight excluding hydrogens is 488 g/mol. The third-order valence-corrected chi connectivity index (χ3v) is 4.86. The minimum atomic E-state index is -1.10. The van der Waals surface area contributed by atoms with Crippen LogP contribution in [0.25, 0.3) is 0 Å². The fraction of sp³-hybridized carbons (Fsp3) is 0.462. The Kier molecular flexibility index (Phi) is 11.1. The second-order valence-corrected chi connectivity index (χ2v) is 9.49. The van der Waals surface area contributed by atoms with E-state index in [0.29, 0.717) is 5.56 Å². The van der Waals surface area contributed by atoms with E-state index in [9.17, 15) is 35.1 Å². The van der Waals surface area contributed by atoms with Crippen LogP contribution in [0.15, 0.2) is 36.4 Å². The Morgan fingerprint density at radius 1 is 0.703 bits per heavy atom. The number of carbonyl (C=O) groups excluding carboxylic acids is 2. The molecule has 0 bridgehead atoms. The lowest BCUT2D eigenvalue weighted by Gasteiger charge is -2.25. The SMILES string of the molecule is Cc1cc(O)cc(C(=O)OCC(O)COCC(C)(C)COCC(O)COC(=O)c2cc(O)cc(O)c2)c1. The monoisotopic (exact) mass is 522 g/mol. The largest absolute Gasteiger partial charge is 0.508 e. The summed E-state index contributed by atoms with van der Waals surface area (Å²) in [6, 6.07) is 7.68. The molecule has 0 aromatic heterocycles. The molecule has 0 aliphatic heterocycles. The summed E-state index contributed by atoms with van der Waals surface area (Å²) in [5, 5.41) is 48.5. The number of hydrogen-bond acceptors (Lipinski definition) is 11. The first kappa shape index (κ1) is 29.8. The summed E-state index contributed by atoms with van der Waals surface area (Å²) in [7, 11) is 0. The van der Waals surface area contributed by atoms with Gasteiger partial charge in [0.1, 0.15) is 42.7 Å². The maximum atomic E-state index is 12.1. The number of rotatable bonds is 14. The molecule has 11 nitrogen and oxygen atoms in total. The van der Waals surface area contributed by atoms with Crippen molar-refractivity contribution in [2.75, 3.05) is 39.6 Å². The summed E-state index contributed by atoms with van der Waals surface area (Å²) in [5.41, 5.74) is 0.337. The van der Waals surface area contributed by atoms with Crippen molar-refractivity contribution >= 4 is 11.9 Å². The van der Waals surface area contributed by atoms with Gasteiger partial charge in [-0.05, 0) is 42.8 Å². The third-order valence-electron chi connectivity index (χ3n) is 4.86. The Hall–Kier alpha value is -3.38. The zero-order valence-corrected chi connectivity index (χ0v) is 21.0. The Balaban J connectivity index is 1.62. The molecule has 0 radical (unpaired) electrons. The van der Waals surface area contributed by atoms with Crippen molar-refractivity contribution < 1.29 is 54.1 Å². The number of phenols is 3. The maximum Gasteiger partial charge on any atom is 0.338 e. The molecule has 0 heterocycles. The summed E-state index contributed by atoms with van der Waals surface area (Å²) in [5.74, 6) is -2.13. The van der Waals surface area contributed by atoms with Gasteiger partial charge >= 0.3 is 11.9 Å². The number of aryl methyl sites for hydroxylation is 1. The highest BCUT2D eigenvalue weighted by Gasteiger charge is 2.21. The number of ether oxygens (including phenoxy) is 4. The van der Waals surface area contributed by atoms with Gasteiger partial charge in [-0.2, -0.15) is 0 Å².